The summed E-state index contributed by atoms with van der Waals surface area (Å²) in [4.78, 5) is 5.59. The van der Waals surface area contributed by atoms with Gasteiger partial charge in [-0.2, -0.15) is 11.6 Å². The molecule has 5 heterocycles. The number of hydrogen-bond acceptors (Lipinski definition) is 3. The van der Waals surface area contributed by atoms with Crippen molar-refractivity contribution < 1.29 is 31.7 Å². The van der Waals surface area contributed by atoms with E-state index >= 15 is 0 Å². The molecule has 0 amide bonds. The van der Waals surface area contributed by atoms with E-state index in [2.05, 4.69) is 35.0 Å². The van der Waals surface area contributed by atoms with Crippen molar-refractivity contribution in [2.45, 2.75) is 123 Å². The fourth-order valence-electron chi connectivity index (χ4n) is 7.15. The van der Waals surface area contributed by atoms with Crippen LogP contribution in [0.2, 0.25) is 0 Å². The Labute approximate surface area is 280 Å². The minimum atomic E-state index is -2.16. The molecule has 0 spiro atoms. The van der Waals surface area contributed by atoms with Gasteiger partial charge in [0.05, 0.1) is 0 Å². The molecule has 7 aliphatic rings. The molecule has 1 radical (unpaired) electrons. The summed E-state index contributed by atoms with van der Waals surface area (Å²) >= 11 is 1.73. The van der Waals surface area contributed by atoms with Gasteiger partial charge in [0.1, 0.15) is 0 Å². The number of nitrogens with zero attached hydrogens (tertiary/aromatic N) is 3. The second-order valence-corrected chi connectivity index (χ2v) is 14.6. The first-order chi connectivity index (χ1) is 21.8. The molecule has 2 aliphatic carbocycles. The maximum atomic E-state index is 8.95. The van der Waals surface area contributed by atoms with E-state index in [0.29, 0.717) is 13.0 Å². The van der Waals surface area contributed by atoms with Crippen molar-refractivity contribution in [2.75, 3.05) is 13.1 Å². The molecule has 5 aliphatic heterocycles. The topological polar surface area (TPSA) is 49.8 Å². The molecule has 4 nitrogen and oxygen atoms in total. The minimum Gasteiger partial charge on any atom is -0.770 e. The molecule has 5 atom stereocenters. The molecule has 7 rings (SSSR count). The summed E-state index contributed by atoms with van der Waals surface area (Å²) in [6, 6.07) is -0.0859. The fraction of sp³-hybridized carbons (Fsp3) is 0.667. The van der Waals surface area contributed by atoms with E-state index < -0.39 is 24.9 Å². The van der Waals surface area contributed by atoms with Gasteiger partial charge in [0.2, 0.25) is 0 Å². The quantitative estimate of drug-likeness (QED) is 0.269. The SMILES string of the molecule is [2H]C([2H])([2H])C1=NC2OC3=C([C@@H]4[N-]CC=C5C(C([2H])([2H])C(C)(C)C)=C(C)SC54)[CH-]CCC3C2CC1.[C-]1=C(C2=CCCC[N-]2)CCCC1.[Ir]. The van der Waals surface area contributed by atoms with Gasteiger partial charge < -0.3 is 21.1 Å². The van der Waals surface area contributed by atoms with Crippen molar-refractivity contribution >= 4 is 17.5 Å². The largest absolute Gasteiger partial charge is 0.770 e. The number of allylic oxidation sites excluding steroid dienone is 6. The summed E-state index contributed by atoms with van der Waals surface area (Å²) < 4.78 is 47.6. The maximum absolute atomic E-state index is 8.95. The molecule has 0 N–H and O–H groups in total. The van der Waals surface area contributed by atoms with Crippen LogP contribution in [0.4, 0.5) is 0 Å². The molecule has 42 heavy (non-hydrogen) atoms. The monoisotopic (exact) mass is 769 g/mol. The first-order valence-corrected chi connectivity index (χ1v) is 16.7. The summed E-state index contributed by atoms with van der Waals surface area (Å²) in [5, 5.41) is 9.56. The third kappa shape index (κ3) is 7.03. The molecule has 4 unspecified atom stereocenters. The van der Waals surface area contributed by atoms with Crippen molar-refractivity contribution in [3.63, 3.8) is 0 Å². The Bertz CT molecular complexity index is 1370. The van der Waals surface area contributed by atoms with Gasteiger partial charge in [-0.3, -0.25) is 11.1 Å². The van der Waals surface area contributed by atoms with Crippen LogP contribution >= 0.6 is 11.8 Å². The zero-order chi connectivity index (χ0) is 32.9. The molecule has 0 saturated carbocycles. The predicted octanol–water partition coefficient (Wildman–Crippen LogP) is 9.93. The van der Waals surface area contributed by atoms with Gasteiger partial charge in [-0.15, -0.1) is 49.8 Å². The van der Waals surface area contributed by atoms with Gasteiger partial charge in [-0.1, -0.05) is 59.3 Å². The van der Waals surface area contributed by atoms with E-state index in [1.807, 2.05) is 27.7 Å². The van der Waals surface area contributed by atoms with Gasteiger partial charge in [0.15, 0.2) is 6.23 Å². The van der Waals surface area contributed by atoms with Crippen LogP contribution in [0.5, 0.6) is 0 Å². The Morgan fingerprint density at radius 3 is 2.83 bits per heavy atom. The molecular weight excluding hydrogens is 715 g/mol. The average molecular weight is 769 g/mol. The van der Waals surface area contributed by atoms with Gasteiger partial charge >= 0.3 is 0 Å². The van der Waals surface area contributed by atoms with E-state index in [4.69, 9.17) is 16.9 Å². The number of rotatable bonds is 3. The van der Waals surface area contributed by atoms with Gasteiger partial charge in [0, 0.05) is 43.8 Å². The Balaban J connectivity index is 0.000000280. The van der Waals surface area contributed by atoms with Crippen LogP contribution in [0.1, 0.15) is 112 Å². The second kappa shape index (κ2) is 13.8. The average Bonchev–Trinajstić information content (AvgIpc) is 3.58. The maximum Gasteiger partial charge on any atom is 0.171 e. The molecule has 233 valence electrons. The van der Waals surface area contributed by atoms with Crippen molar-refractivity contribution in [2.24, 2.45) is 22.2 Å². The summed E-state index contributed by atoms with van der Waals surface area (Å²) in [7, 11) is 0. The van der Waals surface area contributed by atoms with Crippen molar-refractivity contribution in [3.8, 4) is 0 Å². The molecule has 1 fully saturated rings. The normalized spacial score (nSPS) is 34.6. The third-order valence-electron chi connectivity index (χ3n) is 9.04. The number of ether oxygens (including phenoxy) is 1. The standard InChI is InChI=1S/C25H34N2OS.C11H15N.Ir/c1-14-9-10-18-16-7-6-8-19(22(16)28-24(18)27-14)21-23-17(11-12-26-21)20(15(2)29-23)13-25(3,4)5;1-2-6-10(7-3-1)11-8-4-5-9-12-11;/h8,11,16,18,21,23-24H,6-7,9-10,12-13H2,1-5H3;8H,1-6,9H2;/q2*-2;/t16?,18?,21-,23?,24?;;/m0../s1/i1D3,13D2;;. The summed E-state index contributed by atoms with van der Waals surface area (Å²) in [6.45, 7) is 7.36. The van der Waals surface area contributed by atoms with E-state index in [1.54, 1.807) is 11.8 Å². The van der Waals surface area contributed by atoms with Crippen LogP contribution in [0.3, 0.4) is 0 Å². The molecule has 1 saturated heterocycles. The zero-order valence-electron chi connectivity index (χ0n) is 30.6. The van der Waals surface area contributed by atoms with Crippen LogP contribution in [-0.4, -0.2) is 36.3 Å². The second-order valence-electron chi connectivity index (χ2n) is 13.3. The Morgan fingerprint density at radius 1 is 1.21 bits per heavy atom. The number of thioether (sulfide) groups is 1. The van der Waals surface area contributed by atoms with Crippen molar-refractivity contribution in [1.29, 1.82) is 0 Å². The molecule has 0 bridgehead atoms. The molecule has 6 heteroatoms. The van der Waals surface area contributed by atoms with Crippen molar-refractivity contribution in [3.05, 3.63) is 73.9 Å². The summed E-state index contributed by atoms with van der Waals surface area (Å²) in [5.74, 6) is 1.44. The number of fused-ring (bicyclic) bond motifs is 4. The Morgan fingerprint density at radius 2 is 2.10 bits per heavy atom. The van der Waals surface area contributed by atoms with Crippen LogP contribution in [0.15, 0.2) is 55.8 Å². The van der Waals surface area contributed by atoms with Crippen LogP contribution in [0, 0.1) is 29.7 Å². The van der Waals surface area contributed by atoms with Crippen LogP contribution < -0.4 is 0 Å². The number of aliphatic imine (C=N–C) groups is 1. The number of hydrogen-bond donors (Lipinski definition) is 0. The van der Waals surface area contributed by atoms with E-state index in [9.17, 15) is 0 Å². The Hall–Kier alpha value is -1.20. The third-order valence-corrected chi connectivity index (χ3v) is 10.4. The van der Waals surface area contributed by atoms with Crippen LogP contribution in [0.25, 0.3) is 10.6 Å². The predicted molar refractivity (Wildman–Crippen MR) is 174 cm³/mol. The minimum absolute atomic E-state index is 0. The van der Waals surface area contributed by atoms with E-state index in [-0.39, 0.29) is 48.9 Å². The molecule has 0 aromatic heterocycles. The van der Waals surface area contributed by atoms with Gasteiger partial charge in [0.25, 0.3) is 0 Å². The smallest absolute Gasteiger partial charge is 0.171 e. The van der Waals surface area contributed by atoms with E-state index in [0.717, 1.165) is 59.6 Å². The van der Waals surface area contributed by atoms with E-state index in [1.165, 1.54) is 43.4 Å². The van der Waals surface area contributed by atoms with Crippen molar-refractivity contribution in [1.82, 2.24) is 0 Å². The molecule has 0 aromatic carbocycles. The van der Waals surface area contributed by atoms with Gasteiger partial charge in [-0.25, -0.2) is 12.0 Å². The first kappa shape index (κ1) is 26.1. The zero-order valence-corrected chi connectivity index (χ0v) is 28.8. The summed E-state index contributed by atoms with van der Waals surface area (Å²) in [5.41, 5.74) is 5.44. The Kier molecular flexibility index (Phi) is 8.59. The first-order valence-electron chi connectivity index (χ1n) is 18.3. The van der Waals surface area contributed by atoms with Crippen LogP contribution in [-0.2, 0) is 24.8 Å². The summed E-state index contributed by atoms with van der Waals surface area (Å²) in [6.07, 6.45) is 18.9. The van der Waals surface area contributed by atoms with Gasteiger partial charge in [-0.05, 0) is 66.1 Å². The molecular formula is C36H49IrN3OS-4. The molecule has 0 aromatic rings. The fourth-order valence-corrected chi connectivity index (χ4v) is 8.52.